The van der Waals surface area contributed by atoms with Crippen LogP contribution in [-0.4, -0.2) is 61.4 Å². The quantitative estimate of drug-likeness (QED) is 0.845. The molecular formula is C21H25N3O3. The number of piperazine rings is 1. The minimum absolute atomic E-state index is 0.0339. The van der Waals surface area contributed by atoms with Crippen molar-refractivity contribution in [2.75, 3.05) is 39.8 Å². The van der Waals surface area contributed by atoms with Gasteiger partial charge in [-0.1, -0.05) is 30.3 Å². The summed E-state index contributed by atoms with van der Waals surface area (Å²) in [4.78, 5) is 28.5. The SMILES string of the molecule is COc1ccc(CN2CCN(C(=O)CNC(=O)c3ccccc3)CC2)cc1. The van der Waals surface area contributed by atoms with E-state index >= 15 is 0 Å². The highest BCUT2D eigenvalue weighted by Crippen LogP contribution is 2.14. The Kier molecular flexibility index (Phi) is 6.44. The number of methoxy groups -OCH3 is 1. The highest BCUT2D eigenvalue weighted by atomic mass is 16.5. The van der Waals surface area contributed by atoms with Crippen LogP contribution in [0.25, 0.3) is 0 Å². The average Bonchev–Trinajstić information content (AvgIpc) is 2.73. The summed E-state index contributed by atoms with van der Waals surface area (Å²) in [6.45, 7) is 3.89. The van der Waals surface area contributed by atoms with Crippen molar-refractivity contribution in [3.8, 4) is 5.75 Å². The van der Waals surface area contributed by atoms with Gasteiger partial charge in [-0.05, 0) is 29.8 Å². The van der Waals surface area contributed by atoms with Gasteiger partial charge < -0.3 is 15.0 Å². The molecule has 6 nitrogen and oxygen atoms in total. The summed E-state index contributed by atoms with van der Waals surface area (Å²) in [5.74, 6) is 0.595. The lowest BCUT2D eigenvalue weighted by Crippen LogP contribution is -2.50. The predicted molar refractivity (Wildman–Crippen MR) is 104 cm³/mol. The molecule has 3 rings (SSSR count). The molecule has 1 heterocycles. The van der Waals surface area contributed by atoms with Gasteiger partial charge in [-0.15, -0.1) is 0 Å². The van der Waals surface area contributed by atoms with E-state index in [2.05, 4.69) is 22.3 Å². The van der Waals surface area contributed by atoms with Gasteiger partial charge in [0.1, 0.15) is 5.75 Å². The summed E-state index contributed by atoms with van der Waals surface area (Å²) in [6.07, 6.45) is 0. The van der Waals surface area contributed by atoms with Gasteiger partial charge in [-0.3, -0.25) is 14.5 Å². The number of amides is 2. The summed E-state index contributed by atoms with van der Waals surface area (Å²) in [6, 6.07) is 17.0. The fraction of sp³-hybridized carbons (Fsp3) is 0.333. The summed E-state index contributed by atoms with van der Waals surface area (Å²) in [7, 11) is 1.66. The molecule has 1 aliphatic heterocycles. The molecule has 0 aromatic heterocycles. The number of benzene rings is 2. The van der Waals surface area contributed by atoms with Crippen molar-refractivity contribution in [3.05, 3.63) is 65.7 Å². The number of nitrogens with one attached hydrogen (secondary N) is 1. The number of hydrogen-bond acceptors (Lipinski definition) is 4. The van der Waals surface area contributed by atoms with Gasteiger partial charge in [0.2, 0.25) is 5.91 Å². The van der Waals surface area contributed by atoms with Gasteiger partial charge in [-0.2, -0.15) is 0 Å². The maximum atomic E-state index is 12.3. The maximum Gasteiger partial charge on any atom is 0.251 e. The van der Waals surface area contributed by atoms with E-state index in [1.165, 1.54) is 5.56 Å². The lowest BCUT2D eigenvalue weighted by atomic mass is 10.2. The second-order valence-corrected chi connectivity index (χ2v) is 6.55. The van der Waals surface area contributed by atoms with E-state index in [1.807, 2.05) is 23.1 Å². The average molecular weight is 367 g/mol. The number of hydrogen-bond donors (Lipinski definition) is 1. The molecule has 0 atom stereocenters. The Labute approximate surface area is 159 Å². The lowest BCUT2D eigenvalue weighted by Gasteiger charge is -2.34. The van der Waals surface area contributed by atoms with E-state index in [4.69, 9.17) is 4.74 Å². The van der Waals surface area contributed by atoms with Crippen molar-refractivity contribution in [1.29, 1.82) is 0 Å². The molecule has 142 valence electrons. The van der Waals surface area contributed by atoms with Crippen LogP contribution in [0.1, 0.15) is 15.9 Å². The van der Waals surface area contributed by atoms with Crippen LogP contribution in [0.15, 0.2) is 54.6 Å². The lowest BCUT2D eigenvalue weighted by molar-refractivity contribution is -0.131. The maximum absolute atomic E-state index is 12.3. The molecule has 27 heavy (non-hydrogen) atoms. The third kappa shape index (κ3) is 5.31. The Morgan fingerprint density at radius 3 is 2.26 bits per heavy atom. The molecule has 0 aliphatic carbocycles. The van der Waals surface area contributed by atoms with E-state index in [0.717, 1.165) is 25.4 Å². The third-order valence-corrected chi connectivity index (χ3v) is 4.73. The van der Waals surface area contributed by atoms with Crippen LogP contribution in [0.3, 0.4) is 0 Å². The fourth-order valence-corrected chi connectivity index (χ4v) is 3.10. The second kappa shape index (κ2) is 9.19. The molecular weight excluding hydrogens is 342 g/mol. The van der Waals surface area contributed by atoms with E-state index < -0.39 is 0 Å². The van der Waals surface area contributed by atoms with Crippen LogP contribution in [0.5, 0.6) is 5.75 Å². The smallest absolute Gasteiger partial charge is 0.251 e. The molecule has 2 aromatic rings. The Bertz CT molecular complexity index is 754. The Morgan fingerprint density at radius 2 is 1.63 bits per heavy atom. The Hall–Kier alpha value is -2.86. The molecule has 2 amide bonds. The van der Waals surface area contributed by atoms with Crippen LogP contribution in [0.4, 0.5) is 0 Å². The molecule has 0 saturated carbocycles. The minimum atomic E-state index is -0.220. The first-order chi connectivity index (χ1) is 13.2. The highest BCUT2D eigenvalue weighted by molar-refractivity contribution is 5.96. The van der Waals surface area contributed by atoms with Crippen LogP contribution < -0.4 is 10.1 Å². The van der Waals surface area contributed by atoms with Gasteiger partial charge in [0.05, 0.1) is 13.7 Å². The first-order valence-electron chi connectivity index (χ1n) is 9.12. The topological polar surface area (TPSA) is 61.9 Å². The highest BCUT2D eigenvalue weighted by Gasteiger charge is 2.21. The molecule has 1 N–H and O–H groups in total. The largest absolute Gasteiger partial charge is 0.497 e. The van der Waals surface area contributed by atoms with E-state index in [9.17, 15) is 9.59 Å². The zero-order chi connectivity index (χ0) is 19.1. The molecule has 0 radical (unpaired) electrons. The molecule has 2 aromatic carbocycles. The number of ether oxygens (including phenoxy) is 1. The van der Waals surface area contributed by atoms with Crippen molar-refractivity contribution in [3.63, 3.8) is 0 Å². The zero-order valence-electron chi connectivity index (χ0n) is 15.6. The van der Waals surface area contributed by atoms with Crippen LogP contribution in [-0.2, 0) is 11.3 Å². The first-order valence-corrected chi connectivity index (χ1v) is 9.12. The van der Waals surface area contributed by atoms with E-state index in [1.54, 1.807) is 31.4 Å². The minimum Gasteiger partial charge on any atom is -0.497 e. The van der Waals surface area contributed by atoms with Crippen molar-refractivity contribution in [1.82, 2.24) is 15.1 Å². The van der Waals surface area contributed by atoms with Crippen LogP contribution in [0.2, 0.25) is 0 Å². The van der Waals surface area contributed by atoms with Gasteiger partial charge in [0.15, 0.2) is 0 Å². The first kappa shape index (κ1) is 18.9. The van der Waals surface area contributed by atoms with Crippen LogP contribution in [0, 0.1) is 0 Å². The molecule has 0 bridgehead atoms. The standard InChI is InChI=1S/C21H25N3O3/c1-27-19-9-7-17(8-10-19)16-23-11-13-24(14-12-23)20(25)15-22-21(26)18-5-3-2-4-6-18/h2-10H,11-16H2,1H3,(H,22,26). The van der Waals surface area contributed by atoms with Gasteiger partial charge in [0.25, 0.3) is 5.91 Å². The van der Waals surface area contributed by atoms with Gasteiger partial charge >= 0.3 is 0 Å². The van der Waals surface area contributed by atoms with Crippen molar-refractivity contribution >= 4 is 11.8 Å². The summed E-state index contributed by atoms with van der Waals surface area (Å²) < 4.78 is 5.18. The molecule has 1 saturated heterocycles. The van der Waals surface area contributed by atoms with Gasteiger partial charge in [0, 0.05) is 38.3 Å². The molecule has 1 fully saturated rings. The van der Waals surface area contributed by atoms with E-state index in [0.29, 0.717) is 18.7 Å². The Morgan fingerprint density at radius 1 is 0.963 bits per heavy atom. The molecule has 1 aliphatic rings. The van der Waals surface area contributed by atoms with Crippen LogP contribution >= 0.6 is 0 Å². The van der Waals surface area contributed by atoms with E-state index in [-0.39, 0.29) is 18.4 Å². The number of rotatable bonds is 6. The molecule has 6 heteroatoms. The molecule has 0 unspecified atom stereocenters. The van der Waals surface area contributed by atoms with Crippen molar-refractivity contribution in [2.45, 2.75) is 6.54 Å². The van der Waals surface area contributed by atoms with Crippen molar-refractivity contribution < 1.29 is 14.3 Å². The predicted octanol–water partition coefficient (Wildman–Crippen LogP) is 1.77. The fourth-order valence-electron chi connectivity index (χ4n) is 3.10. The number of nitrogens with zero attached hydrogens (tertiary/aromatic N) is 2. The summed E-state index contributed by atoms with van der Waals surface area (Å²) >= 11 is 0. The summed E-state index contributed by atoms with van der Waals surface area (Å²) in [5.41, 5.74) is 1.79. The normalized spacial score (nSPS) is 14.6. The third-order valence-electron chi connectivity index (χ3n) is 4.73. The van der Waals surface area contributed by atoms with Crippen molar-refractivity contribution in [2.24, 2.45) is 0 Å². The number of carbonyl (C=O) groups is 2. The monoisotopic (exact) mass is 367 g/mol. The second-order valence-electron chi connectivity index (χ2n) is 6.55. The molecule has 0 spiro atoms. The summed E-state index contributed by atoms with van der Waals surface area (Å²) in [5, 5.41) is 2.70. The zero-order valence-corrected chi connectivity index (χ0v) is 15.6. The number of carbonyl (C=O) groups excluding carboxylic acids is 2. The Balaban J connectivity index is 1.41. The van der Waals surface area contributed by atoms with Gasteiger partial charge in [-0.25, -0.2) is 0 Å².